The Morgan fingerprint density at radius 3 is 2.74 bits per heavy atom. The zero-order chi connectivity index (χ0) is 14.0. The van der Waals surface area contributed by atoms with Gasteiger partial charge in [0.1, 0.15) is 4.90 Å². The van der Waals surface area contributed by atoms with Crippen molar-refractivity contribution in [2.45, 2.75) is 24.3 Å². The lowest BCUT2D eigenvalue weighted by Crippen LogP contribution is -2.37. The molecule has 1 amide bonds. The van der Waals surface area contributed by atoms with E-state index in [1.54, 1.807) is 18.2 Å². The molecular weight excluding hydrogens is 266 g/mol. The molecule has 1 heterocycles. The maximum atomic E-state index is 12.4. The summed E-state index contributed by atoms with van der Waals surface area (Å²) in [6, 6.07) is 6.27. The molecule has 1 aliphatic rings. The lowest BCUT2D eigenvalue weighted by molar-refractivity contribution is -0.119. The van der Waals surface area contributed by atoms with Crippen LogP contribution in [0.1, 0.15) is 13.3 Å². The highest BCUT2D eigenvalue weighted by molar-refractivity contribution is 7.89. The van der Waals surface area contributed by atoms with E-state index in [4.69, 9.17) is 5.73 Å². The number of rotatable bonds is 3. The number of hydrogen-bond donors (Lipinski definition) is 2. The fourth-order valence-electron chi connectivity index (χ4n) is 2.21. The number of anilines is 1. The summed E-state index contributed by atoms with van der Waals surface area (Å²) in [4.78, 5) is 11.1. The fourth-order valence-corrected chi connectivity index (χ4v) is 3.82. The van der Waals surface area contributed by atoms with Crippen LogP contribution < -0.4 is 11.1 Å². The Hall–Kier alpha value is -1.60. The molecule has 0 aliphatic carbocycles. The lowest BCUT2D eigenvalue weighted by atomic mass is 10.3. The molecule has 19 heavy (non-hydrogen) atoms. The summed E-state index contributed by atoms with van der Waals surface area (Å²) in [5.41, 5.74) is 5.96. The van der Waals surface area contributed by atoms with Gasteiger partial charge in [-0.15, -0.1) is 0 Å². The van der Waals surface area contributed by atoms with Gasteiger partial charge in [0.25, 0.3) is 0 Å². The Bertz CT molecular complexity index is 586. The molecule has 0 saturated carbocycles. The van der Waals surface area contributed by atoms with Gasteiger partial charge in [0.2, 0.25) is 15.9 Å². The first-order valence-electron chi connectivity index (χ1n) is 6.03. The largest absolute Gasteiger partial charge is 0.398 e. The van der Waals surface area contributed by atoms with E-state index in [1.807, 2.05) is 0 Å². The summed E-state index contributed by atoms with van der Waals surface area (Å²) >= 11 is 0. The second-order valence-corrected chi connectivity index (χ2v) is 6.49. The van der Waals surface area contributed by atoms with Crippen molar-refractivity contribution in [3.63, 3.8) is 0 Å². The third-order valence-corrected chi connectivity index (χ3v) is 5.03. The van der Waals surface area contributed by atoms with E-state index in [9.17, 15) is 13.2 Å². The van der Waals surface area contributed by atoms with Crippen LogP contribution in [-0.4, -0.2) is 37.8 Å². The first kappa shape index (κ1) is 13.8. The van der Waals surface area contributed by atoms with Gasteiger partial charge in [-0.2, -0.15) is 4.31 Å². The summed E-state index contributed by atoms with van der Waals surface area (Å²) in [6.07, 6.45) is 0.617. The summed E-state index contributed by atoms with van der Waals surface area (Å²) in [5.74, 6) is -0.150. The molecule has 0 aromatic heterocycles. The molecule has 0 spiro atoms. The van der Waals surface area contributed by atoms with Crippen LogP contribution in [0.25, 0.3) is 0 Å². The second kappa shape index (κ2) is 5.18. The standard InChI is InChI=1S/C12H17N3O3S/c1-9(16)14-10-6-7-15(8-10)19(17,18)12-5-3-2-4-11(12)13/h2-5,10H,6-8,13H2,1H3,(H,14,16). The molecule has 1 atom stereocenters. The van der Waals surface area contributed by atoms with Crippen molar-refractivity contribution in [3.05, 3.63) is 24.3 Å². The number of sulfonamides is 1. The summed E-state index contributed by atoms with van der Waals surface area (Å²) in [7, 11) is -3.58. The average molecular weight is 283 g/mol. The monoisotopic (exact) mass is 283 g/mol. The van der Waals surface area contributed by atoms with Gasteiger partial charge in [-0.05, 0) is 18.6 Å². The number of carbonyl (C=O) groups is 1. The molecule has 1 aromatic rings. The summed E-state index contributed by atoms with van der Waals surface area (Å²) < 4.78 is 26.2. The van der Waals surface area contributed by atoms with Crippen LogP contribution >= 0.6 is 0 Å². The van der Waals surface area contributed by atoms with Crippen LogP contribution in [0.5, 0.6) is 0 Å². The maximum Gasteiger partial charge on any atom is 0.245 e. The summed E-state index contributed by atoms with van der Waals surface area (Å²) in [6.45, 7) is 2.10. The molecule has 0 radical (unpaired) electrons. The van der Waals surface area contributed by atoms with E-state index in [0.29, 0.717) is 13.0 Å². The first-order valence-corrected chi connectivity index (χ1v) is 7.47. The highest BCUT2D eigenvalue weighted by atomic mass is 32.2. The quantitative estimate of drug-likeness (QED) is 0.773. The Kier molecular flexibility index (Phi) is 3.77. The minimum absolute atomic E-state index is 0.124. The smallest absolute Gasteiger partial charge is 0.245 e. The van der Waals surface area contributed by atoms with Gasteiger partial charge in [-0.1, -0.05) is 12.1 Å². The molecule has 2 rings (SSSR count). The molecule has 1 saturated heterocycles. The Morgan fingerprint density at radius 1 is 1.42 bits per heavy atom. The minimum atomic E-state index is -3.58. The fraction of sp³-hybridized carbons (Fsp3) is 0.417. The van der Waals surface area contributed by atoms with Gasteiger partial charge in [0, 0.05) is 26.1 Å². The Balaban J connectivity index is 2.19. The van der Waals surface area contributed by atoms with Crippen molar-refractivity contribution >= 4 is 21.6 Å². The lowest BCUT2D eigenvalue weighted by Gasteiger charge is -2.17. The third-order valence-electron chi connectivity index (χ3n) is 3.10. The second-order valence-electron chi connectivity index (χ2n) is 4.59. The van der Waals surface area contributed by atoms with Crippen LogP contribution in [0.4, 0.5) is 5.69 Å². The molecule has 104 valence electrons. The number of hydrogen-bond acceptors (Lipinski definition) is 4. The third kappa shape index (κ3) is 2.87. The van der Waals surface area contributed by atoms with Crippen molar-refractivity contribution in [2.75, 3.05) is 18.8 Å². The van der Waals surface area contributed by atoms with Gasteiger partial charge in [-0.3, -0.25) is 4.79 Å². The molecule has 7 heteroatoms. The van der Waals surface area contributed by atoms with E-state index in [0.717, 1.165) is 0 Å². The molecule has 0 bridgehead atoms. The van der Waals surface area contributed by atoms with E-state index in [-0.39, 0.29) is 29.1 Å². The van der Waals surface area contributed by atoms with Gasteiger partial charge in [0.15, 0.2) is 0 Å². The van der Waals surface area contributed by atoms with Gasteiger partial charge in [-0.25, -0.2) is 8.42 Å². The number of nitrogens with one attached hydrogen (secondary N) is 1. The predicted molar refractivity (Wildman–Crippen MR) is 71.8 cm³/mol. The normalized spacial score (nSPS) is 20.4. The highest BCUT2D eigenvalue weighted by Crippen LogP contribution is 2.25. The van der Waals surface area contributed by atoms with Crippen LogP contribution in [0.3, 0.4) is 0 Å². The van der Waals surface area contributed by atoms with Crippen LogP contribution in [0, 0.1) is 0 Å². The number of nitrogens with zero attached hydrogens (tertiary/aromatic N) is 1. The number of amides is 1. The van der Waals surface area contributed by atoms with E-state index < -0.39 is 10.0 Å². The zero-order valence-electron chi connectivity index (χ0n) is 10.7. The molecule has 1 aromatic carbocycles. The van der Waals surface area contributed by atoms with Crippen molar-refractivity contribution in [3.8, 4) is 0 Å². The van der Waals surface area contributed by atoms with E-state index in [2.05, 4.69) is 5.32 Å². The van der Waals surface area contributed by atoms with Crippen molar-refractivity contribution < 1.29 is 13.2 Å². The molecular formula is C12H17N3O3S. The van der Waals surface area contributed by atoms with Gasteiger partial charge in [0.05, 0.1) is 5.69 Å². The van der Waals surface area contributed by atoms with Crippen LogP contribution in [0.15, 0.2) is 29.2 Å². The number of benzene rings is 1. The minimum Gasteiger partial charge on any atom is -0.398 e. The molecule has 6 nitrogen and oxygen atoms in total. The van der Waals surface area contributed by atoms with Crippen molar-refractivity contribution in [1.82, 2.24) is 9.62 Å². The van der Waals surface area contributed by atoms with E-state index in [1.165, 1.54) is 17.3 Å². The van der Waals surface area contributed by atoms with Crippen molar-refractivity contribution in [2.24, 2.45) is 0 Å². The number of nitrogen functional groups attached to an aromatic ring is 1. The zero-order valence-corrected chi connectivity index (χ0v) is 11.5. The van der Waals surface area contributed by atoms with Gasteiger partial charge >= 0.3 is 0 Å². The van der Waals surface area contributed by atoms with Crippen molar-refractivity contribution in [1.29, 1.82) is 0 Å². The first-order chi connectivity index (χ1) is 8.91. The SMILES string of the molecule is CC(=O)NC1CCN(S(=O)(=O)c2ccccc2N)C1. The molecule has 1 aliphatic heterocycles. The molecule has 1 unspecified atom stereocenters. The Morgan fingerprint density at radius 2 is 2.11 bits per heavy atom. The molecule has 1 fully saturated rings. The highest BCUT2D eigenvalue weighted by Gasteiger charge is 2.33. The molecule has 3 N–H and O–H groups in total. The van der Waals surface area contributed by atoms with Gasteiger partial charge < -0.3 is 11.1 Å². The van der Waals surface area contributed by atoms with Crippen LogP contribution in [-0.2, 0) is 14.8 Å². The predicted octanol–water partition coefficient (Wildman–Crippen LogP) is 0.168. The Labute approximate surface area is 112 Å². The topological polar surface area (TPSA) is 92.5 Å². The van der Waals surface area contributed by atoms with E-state index >= 15 is 0 Å². The number of para-hydroxylation sites is 1. The average Bonchev–Trinajstić information content (AvgIpc) is 2.77. The van der Waals surface area contributed by atoms with Crippen LogP contribution in [0.2, 0.25) is 0 Å². The maximum absolute atomic E-state index is 12.4. The number of nitrogens with two attached hydrogens (primary N) is 1. The summed E-state index contributed by atoms with van der Waals surface area (Å²) in [5, 5.41) is 2.73. The number of carbonyl (C=O) groups excluding carboxylic acids is 1.